The predicted molar refractivity (Wildman–Crippen MR) is 90.2 cm³/mol. The Hall–Kier alpha value is -1.39. The zero-order valence-corrected chi connectivity index (χ0v) is 13.4. The predicted octanol–water partition coefficient (Wildman–Crippen LogP) is 3.63. The molecule has 3 rings (SSSR count). The summed E-state index contributed by atoms with van der Waals surface area (Å²) in [6.45, 7) is 5.29. The lowest BCUT2D eigenvalue weighted by Crippen LogP contribution is -2.41. The third-order valence-electron chi connectivity index (χ3n) is 4.30. The highest BCUT2D eigenvalue weighted by molar-refractivity contribution is 7.13. The van der Waals surface area contributed by atoms with Crippen LogP contribution in [0.15, 0.2) is 35.7 Å². The highest BCUT2D eigenvalue weighted by Gasteiger charge is 2.37. The molecule has 1 aliphatic heterocycles. The summed E-state index contributed by atoms with van der Waals surface area (Å²) in [4.78, 5) is 4.90. The Kier molecular flexibility index (Phi) is 4.56. The van der Waals surface area contributed by atoms with Crippen LogP contribution in [0.4, 0.5) is 5.13 Å². The van der Waals surface area contributed by atoms with Gasteiger partial charge in [-0.05, 0) is 37.9 Å². The summed E-state index contributed by atoms with van der Waals surface area (Å²) in [6.07, 6.45) is 3.37. The summed E-state index contributed by atoms with van der Waals surface area (Å²) in [5.41, 5.74) is 2.72. The Morgan fingerprint density at radius 1 is 1.24 bits per heavy atom. The van der Waals surface area contributed by atoms with Gasteiger partial charge < -0.3 is 10.6 Å². The second-order valence-corrected chi connectivity index (χ2v) is 6.52. The minimum absolute atomic E-state index is 0.0785. The first-order chi connectivity index (χ1) is 10.3. The number of aromatic nitrogens is 1. The minimum Gasteiger partial charge on any atom is -0.362 e. The molecule has 0 unspecified atom stereocenters. The summed E-state index contributed by atoms with van der Waals surface area (Å²) >= 11 is 1.73. The molecule has 1 aliphatic rings. The number of hydrogen-bond donors (Lipinski definition) is 2. The molecule has 2 aromatic rings. The molecule has 4 heteroatoms. The monoisotopic (exact) mass is 301 g/mol. The summed E-state index contributed by atoms with van der Waals surface area (Å²) in [5, 5.41) is 10.2. The van der Waals surface area contributed by atoms with Crippen molar-refractivity contribution in [2.24, 2.45) is 0 Å². The minimum atomic E-state index is 0.0785. The SMILES string of the molecule is CCCNc1nc(C2(c3ccccc3)CCNCC2)cs1. The van der Waals surface area contributed by atoms with Crippen molar-refractivity contribution in [3.05, 3.63) is 47.0 Å². The van der Waals surface area contributed by atoms with E-state index in [0.29, 0.717) is 0 Å². The quantitative estimate of drug-likeness (QED) is 0.885. The molecule has 3 nitrogen and oxygen atoms in total. The van der Waals surface area contributed by atoms with Gasteiger partial charge in [0.2, 0.25) is 0 Å². The molecule has 0 atom stereocenters. The molecule has 1 fully saturated rings. The molecule has 0 radical (unpaired) electrons. The van der Waals surface area contributed by atoms with Crippen molar-refractivity contribution in [3.8, 4) is 0 Å². The number of nitrogens with zero attached hydrogens (tertiary/aromatic N) is 1. The highest BCUT2D eigenvalue weighted by Crippen LogP contribution is 2.41. The van der Waals surface area contributed by atoms with Crippen molar-refractivity contribution < 1.29 is 0 Å². The van der Waals surface area contributed by atoms with Gasteiger partial charge in [0, 0.05) is 17.3 Å². The van der Waals surface area contributed by atoms with Crippen molar-refractivity contribution in [1.82, 2.24) is 10.3 Å². The summed E-state index contributed by atoms with van der Waals surface area (Å²) in [5.74, 6) is 0. The van der Waals surface area contributed by atoms with Crippen molar-refractivity contribution in [2.75, 3.05) is 25.0 Å². The van der Waals surface area contributed by atoms with Crippen molar-refractivity contribution in [3.63, 3.8) is 0 Å². The molecule has 0 bridgehead atoms. The average molecular weight is 301 g/mol. The van der Waals surface area contributed by atoms with E-state index in [9.17, 15) is 0 Å². The smallest absolute Gasteiger partial charge is 0.182 e. The third-order valence-corrected chi connectivity index (χ3v) is 5.10. The zero-order valence-electron chi connectivity index (χ0n) is 12.6. The molecule has 112 valence electrons. The number of rotatable bonds is 5. The van der Waals surface area contributed by atoms with Gasteiger partial charge in [0.15, 0.2) is 5.13 Å². The average Bonchev–Trinajstić information content (AvgIpc) is 3.04. The van der Waals surface area contributed by atoms with E-state index >= 15 is 0 Å². The number of benzene rings is 1. The standard InChI is InChI=1S/C17H23N3S/c1-2-10-19-16-20-15(13-21-16)17(8-11-18-12-9-17)14-6-4-3-5-7-14/h3-7,13,18H,2,8-12H2,1H3,(H,19,20). The van der Waals surface area contributed by atoms with E-state index in [0.717, 1.165) is 44.0 Å². The van der Waals surface area contributed by atoms with Crippen LogP contribution >= 0.6 is 11.3 Å². The van der Waals surface area contributed by atoms with E-state index < -0.39 is 0 Å². The fourth-order valence-electron chi connectivity index (χ4n) is 3.11. The van der Waals surface area contributed by atoms with Crippen LogP contribution in [-0.2, 0) is 5.41 Å². The first kappa shape index (κ1) is 14.5. The van der Waals surface area contributed by atoms with Crippen molar-refractivity contribution in [2.45, 2.75) is 31.6 Å². The van der Waals surface area contributed by atoms with E-state index in [4.69, 9.17) is 4.98 Å². The van der Waals surface area contributed by atoms with Gasteiger partial charge in [0.05, 0.1) is 5.69 Å². The van der Waals surface area contributed by atoms with Crippen LogP contribution in [0, 0.1) is 0 Å². The second kappa shape index (κ2) is 6.58. The van der Waals surface area contributed by atoms with Crippen LogP contribution in [0.3, 0.4) is 0 Å². The Morgan fingerprint density at radius 3 is 2.71 bits per heavy atom. The molecule has 0 spiro atoms. The number of nitrogens with one attached hydrogen (secondary N) is 2. The maximum atomic E-state index is 4.90. The maximum absolute atomic E-state index is 4.90. The van der Waals surface area contributed by atoms with E-state index in [1.165, 1.54) is 11.3 Å². The second-order valence-electron chi connectivity index (χ2n) is 5.66. The van der Waals surface area contributed by atoms with Crippen molar-refractivity contribution >= 4 is 16.5 Å². The Morgan fingerprint density at radius 2 is 2.00 bits per heavy atom. The molecule has 1 saturated heterocycles. The normalized spacial score (nSPS) is 17.6. The molecule has 0 amide bonds. The fourth-order valence-corrected chi connectivity index (χ4v) is 3.95. The van der Waals surface area contributed by atoms with E-state index in [1.54, 1.807) is 11.3 Å². The van der Waals surface area contributed by atoms with E-state index in [-0.39, 0.29) is 5.41 Å². The van der Waals surface area contributed by atoms with E-state index in [1.807, 2.05) is 0 Å². The number of thiazole rings is 1. The molecule has 1 aromatic heterocycles. The first-order valence-corrected chi connectivity index (χ1v) is 8.69. The van der Waals surface area contributed by atoms with Crippen LogP contribution in [0.2, 0.25) is 0 Å². The van der Waals surface area contributed by atoms with Gasteiger partial charge >= 0.3 is 0 Å². The van der Waals surface area contributed by atoms with Gasteiger partial charge in [-0.1, -0.05) is 37.3 Å². The highest BCUT2D eigenvalue weighted by atomic mass is 32.1. The lowest BCUT2D eigenvalue weighted by Gasteiger charge is -2.37. The Balaban J connectivity index is 1.94. The molecule has 21 heavy (non-hydrogen) atoms. The van der Waals surface area contributed by atoms with Crippen LogP contribution in [0.1, 0.15) is 37.4 Å². The van der Waals surface area contributed by atoms with Gasteiger partial charge in [-0.2, -0.15) is 0 Å². The van der Waals surface area contributed by atoms with Crippen LogP contribution in [-0.4, -0.2) is 24.6 Å². The van der Waals surface area contributed by atoms with Crippen LogP contribution in [0.5, 0.6) is 0 Å². The third kappa shape index (κ3) is 2.97. The van der Waals surface area contributed by atoms with Gasteiger partial charge in [-0.3, -0.25) is 0 Å². The van der Waals surface area contributed by atoms with Crippen LogP contribution in [0.25, 0.3) is 0 Å². The Bertz CT molecular complexity index is 558. The molecule has 2 N–H and O–H groups in total. The van der Waals surface area contributed by atoms with Crippen molar-refractivity contribution in [1.29, 1.82) is 0 Å². The van der Waals surface area contributed by atoms with Gasteiger partial charge in [0.25, 0.3) is 0 Å². The lowest BCUT2D eigenvalue weighted by atomic mass is 9.71. The largest absolute Gasteiger partial charge is 0.362 e. The summed E-state index contributed by atoms with van der Waals surface area (Å²) < 4.78 is 0. The number of anilines is 1. The van der Waals surface area contributed by atoms with Gasteiger partial charge in [-0.25, -0.2) is 4.98 Å². The molecule has 1 aromatic carbocycles. The number of hydrogen-bond acceptors (Lipinski definition) is 4. The Labute approximate surface area is 130 Å². The number of piperidine rings is 1. The summed E-state index contributed by atoms with van der Waals surface area (Å²) in [7, 11) is 0. The van der Waals surface area contributed by atoms with Gasteiger partial charge in [0.1, 0.15) is 0 Å². The maximum Gasteiger partial charge on any atom is 0.182 e. The van der Waals surface area contributed by atoms with Crippen LogP contribution < -0.4 is 10.6 Å². The molecule has 2 heterocycles. The summed E-state index contributed by atoms with van der Waals surface area (Å²) in [6, 6.07) is 10.9. The van der Waals surface area contributed by atoms with Gasteiger partial charge in [-0.15, -0.1) is 11.3 Å². The molecular weight excluding hydrogens is 278 g/mol. The fraction of sp³-hybridized carbons (Fsp3) is 0.471. The molecule has 0 aliphatic carbocycles. The zero-order chi connectivity index (χ0) is 14.5. The first-order valence-electron chi connectivity index (χ1n) is 7.81. The molecule has 0 saturated carbocycles. The topological polar surface area (TPSA) is 37.0 Å². The molecular formula is C17H23N3S. The van der Waals surface area contributed by atoms with E-state index in [2.05, 4.69) is 53.3 Å². The lowest BCUT2D eigenvalue weighted by molar-refractivity contribution is 0.356.